The van der Waals surface area contributed by atoms with Crippen LogP contribution in [0, 0.1) is 5.82 Å². The fourth-order valence-corrected chi connectivity index (χ4v) is 4.41. The monoisotopic (exact) mass is 446 g/mol. The summed E-state index contributed by atoms with van der Waals surface area (Å²) in [5.74, 6) is 0.417. The van der Waals surface area contributed by atoms with E-state index in [1.807, 2.05) is 42.5 Å². The molecular formula is C25H23FN4O3. The number of H-pyrrole nitrogens is 1. The lowest BCUT2D eigenvalue weighted by atomic mass is 9.94. The van der Waals surface area contributed by atoms with Crippen LogP contribution < -0.4 is 0 Å². The standard InChI is InChI=1S/C25H23FN4O3/c26-20-4-1-3-19(15-20)17-6-8-18(9-7-17)24(29-10-12-30(13-11-29)25(31)32)21-16-27-28-23(21)22-5-2-14-33-22/h1-9,14-16,24H,10-13H2,(H,27,28)(H,31,32). The van der Waals surface area contributed by atoms with Gasteiger partial charge in [0.25, 0.3) is 0 Å². The van der Waals surface area contributed by atoms with Gasteiger partial charge in [0.15, 0.2) is 5.76 Å². The first kappa shape index (κ1) is 21.0. The number of carbonyl (C=O) groups is 1. The zero-order valence-electron chi connectivity index (χ0n) is 17.8. The molecule has 4 aromatic rings. The topological polar surface area (TPSA) is 85.6 Å². The third-order valence-corrected chi connectivity index (χ3v) is 6.07. The lowest BCUT2D eigenvalue weighted by Gasteiger charge is -2.38. The van der Waals surface area contributed by atoms with E-state index in [0.717, 1.165) is 27.9 Å². The van der Waals surface area contributed by atoms with Crippen molar-refractivity contribution in [2.45, 2.75) is 6.04 Å². The highest BCUT2D eigenvalue weighted by Gasteiger charge is 2.31. The Bertz CT molecular complexity index is 1230. The average Bonchev–Trinajstić information content (AvgIpc) is 3.52. The highest BCUT2D eigenvalue weighted by atomic mass is 19.1. The molecule has 8 heteroatoms. The lowest BCUT2D eigenvalue weighted by molar-refractivity contribution is 0.0933. The minimum absolute atomic E-state index is 0.152. The summed E-state index contributed by atoms with van der Waals surface area (Å²) in [6.07, 6.45) is 2.52. The van der Waals surface area contributed by atoms with Gasteiger partial charge in [-0.1, -0.05) is 36.4 Å². The Labute approximate surface area is 190 Å². The first-order valence-electron chi connectivity index (χ1n) is 10.7. The number of nitrogens with one attached hydrogen (secondary N) is 1. The number of halogens is 1. The molecule has 1 fully saturated rings. The Balaban J connectivity index is 1.51. The maximum atomic E-state index is 13.7. The van der Waals surface area contributed by atoms with Crippen molar-refractivity contribution in [3.05, 3.63) is 90.1 Å². The Morgan fingerprint density at radius 2 is 1.82 bits per heavy atom. The highest BCUT2D eigenvalue weighted by Crippen LogP contribution is 2.36. The van der Waals surface area contributed by atoms with Crippen molar-refractivity contribution in [1.82, 2.24) is 20.0 Å². The molecule has 0 bridgehead atoms. The summed E-state index contributed by atoms with van der Waals surface area (Å²) in [7, 11) is 0. The smallest absolute Gasteiger partial charge is 0.407 e. The van der Waals surface area contributed by atoms with Crippen LogP contribution in [0.2, 0.25) is 0 Å². The summed E-state index contributed by atoms with van der Waals surface area (Å²) in [6, 6.07) is 18.1. The molecule has 33 heavy (non-hydrogen) atoms. The molecule has 168 valence electrons. The first-order valence-corrected chi connectivity index (χ1v) is 10.7. The summed E-state index contributed by atoms with van der Waals surface area (Å²) in [4.78, 5) is 15.1. The number of carboxylic acid groups (broad SMARTS) is 1. The number of hydrogen-bond acceptors (Lipinski definition) is 4. The maximum Gasteiger partial charge on any atom is 0.407 e. The highest BCUT2D eigenvalue weighted by molar-refractivity contribution is 5.66. The molecule has 2 N–H and O–H groups in total. The van der Waals surface area contributed by atoms with Gasteiger partial charge in [0.05, 0.1) is 18.5 Å². The molecule has 2 aromatic heterocycles. The molecule has 1 amide bonds. The van der Waals surface area contributed by atoms with E-state index in [9.17, 15) is 14.3 Å². The molecule has 0 saturated carbocycles. The second kappa shape index (κ2) is 8.91. The van der Waals surface area contributed by atoms with Crippen LogP contribution in [0.25, 0.3) is 22.6 Å². The quantitative estimate of drug-likeness (QED) is 0.457. The summed E-state index contributed by atoms with van der Waals surface area (Å²) in [5.41, 5.74) is 4.51. The van der Waals surface area contributed by atoms with Gasteiger partial charge < -0.3 is 14.4 Å². The molecule has 1 aliphatic heterocycles. The lowest BCUT2D eigenvalue weighted by Crippen LogP contribution is -2.49. The summed E-state index contributed by atoms with van der Waals surface area (Å²) in [6.45, 7) is 2.04. The molecule has 1 saturated heterocycles. The van der Waals surface area contributed by atoms with E-state index in [1.165, 1.54) is 17.0 Å². The number of nitrogens with zero attached hydrogens (tertiary/aromatic N) is 3. The second-order valence-electron chi connectivity index (χ2n) is 8.02. The van der Waals surface area contributed by atoms with Crippen molar-refractivity contribution in [3.63, 3.8) is 0 Å². The van der Waals surface area contributed by atoms with Crippen molar-refractivity contribution in [2.75, 3.05) is 26.2 Å². The van der Waals surface area contributed by atoms with E-state index < -0.39 is 6.09 Å². The molecule has 1 aliphatic rings. The van der Waals surface area contributed by atoms with E-state index in [0.29, 0.717) is 31.9 Å². The molecule has 0 spiro atoms. The molecule has 1 atom stereocenters. The first-order chi connectivity index (χ1) is 16.1. The van der Waals surface area contributed by atoms with Crippen LogP contribution in [0.4, 0.5) is 9.18 Å². The van der Waals surface area contributed by atoms with E-state index in [2.05, 4.69) is 15.1 Å². The molecule has 7 nitrogen and oxygen atoms in total. The fourth-order valence-electron chi connectivity index (χ4n) is 4.41. The second-order valence-corrected chi connectivity index (χ2v) is 8.02. The van der Waals surface area contributed by atoms with Crippen LogP contribution in [0.5, 0.6) is 0 Å². The van der Waals surface area contributed by atoms with Crippen LogP contribution in [-0.4, -0.2) is 57.4 Å². The Morgan fingerprint density at radius 1 is 1.03 bits per heavy atom. The van der Waals surface area contributed by atoms with Crippen LogP contribution in [0.1, 0.15) is 17.2 Å². The van der Waals surface area contributed by atoms with E-state index in [-0.39, 0.29) is 11.9 Å². The third-order valence-electron chi connectivity index (χ3n) is 6.07. The van der Waals surface area contributed by atoms with Gasteiger partial charge in [-0.15, -0.1) is 0 Å². The maximum absolute atomic E-state index is 13.7. The minimum Gasteiger partial charge on any atom is -0.465 e. The number of aromatic amines is 1. The largest absolute Gasteiger partial charge is 0.465 e. The Hall–Kier alpha value is -3.91. The summed E-state index contributed by atoms with van der Waals surface area (Å²) < 4.78 is 19.3. The number of benzene rings is 2. The number of hydrogen-bond donors (Lipinski definition) is 2. The normalized spacial score (nSPS) is 15.5. The minimum atomic E-state index is -0.898. The van der Waals surface area contributed by atoms with Crippen LogP contribution in [-0.2, 0) is 0 Å². The third kappa shape index (κ3) is 4.25. The van der Waals surface area contributed by atoms with E-state index >= 15 is 0 Å². The van der Waals surface area contributed by atoms with Crippen molar-refractivity contribution in [3.8, 4) is 22.6 Å². The molecule has 5 rings (SSSR count). The number of furan rings is 1. The van der Waals surface area contributed by atoms with Gasteiger partial charge in [-0.25, -0.2) is 9.18 Å². The average molecular weight is 446 g/mol. The van der Waals surface area contributed by atoms with E-state index in [4.69, 9.17) is 4.42 Å². The van der Waals surface area contributed by atoms with Crippen molar-refractivity contribution < 1.29 is 18.7 Å². The molecule has 0 radical (unpaired) electrons. The van der Waals surface area contributed by atoms with Gasteiger partial charge in [-0.05, 0) is 41.0 Å². The predicted octanol–water partition coefficient (Wildman–Crippen LogP) is 4.86. The Kier molecular flexibility index (Phi) is 5.66. The number of amides is 1. The van der Waals surface area contributed by atoms with Crippen molar-refractivity contribution >= 4 is 6.09 Å². The predicted molar refractivity (Wildman–Crippen MR) is 121 cm³/mol. The summed E-state index contributed by atoms with van der Waals surface area (Å²) >= 11 is 0. The van der Waals surface area contributed by atoms with E-state index in [1.54, 1.807) is 18.5 Å². The molecule has 3 heterocycles. The van der Waals surface area contributed by atoms with Crippen LogP contribution in [0.3, 0.4) is 0 Å². The van der Waals surface area contributed by atoms with Gasteiger partial charge in [-0.3, -0.25) is 10.00 Å². The van der Waals surface area contributed by atoms with Crippen LogP contribution in [0.15, 0.2) is 77.5 Å². The molecular weight excluding hydrogens is 423 g/mol. The Morgan fingerprint density at radius 3 is 2.48 bits per heavy atom. The number of piperazine rings is 1. The van der Waals surface area contributed by atoms with Gasteiger partial charge in [0, 0.05) is 31.7 Å². The number of aromatic nitrogens is 2. The van der Waals surface area contributed by atoms with Crippen LogP contribution >= 0.6 is 0 Å². The molecule has 2 aromatic carbocycles. The van der Waals surface area contributed by atoms with Crippen molar-refractivity contribution in [1.29, 1.82) is 0 Å². The van der Waals surface area contributed by atoms with Gasteiger partial charge >= 0.3 is 6.09 Å². The fraction of sp³-hybridized carbons (Fsp3) is 0.200. The summed E-state index contributed by atoms with van der Waals surface area (Å²) in [5, 5.41) is 16.7. The van der Waals surface area contributed by atoms with Gasteiger partial charge in [0.2, 0.25) is 0 Å². The van der Waals surface area contributed by atoms with Gasteiger partial charge in [0.1, 0.15) is 11.5 Å². The number of rotatable bonds is 5. The van der Waals surface area contributed by atoms with Gasteiger partial charge in [-0.2, -0.15) is 5.10 Å². The molecule has 1 unspecified atom stereocenters. The van der Waals surface area contributed by atoms with Crippen molar-refractivity contribution in [2.24, 2.45) is 0 Å². The SMILES string of the molecule is O=C(O)N1CCN(C(c2ccc(-c3cccc(F)c3)cc2)c2cn[nH]c2-c2ccco2)CC1. The zero-order chi connectivity index (χ0) is 22.8. The molecule has 0 aliphatic carbocycles. The zero-order valence-corrected chi connectivity index (χ0v) is 17.8.